The van der Waals surface area contributed by atoms with Crippen molar-refractivity contribution in [3.8, 4) is 0 Å². The summed E-state index contributed by atoms with van der Waals surface area (Å²) >= 11 is 0. The van der Waals surface area contributed by atoms with Gasteiger partial charge in [-0.1, -0.05) is 6.07 Å². The third-order valence-electron chi connectivity index (χ3n) is 0.813. The maximum absolute atomic E-state index is 7.50. The molecule has 0 atom stereocenters. The molecule has 0 amide bonds. The molecule has 1 heterocycles. The summed E-state index contributed by atoms with van der Waals surface area (Å²) in [6, 6.07) is 5.86. The predicted octanol–water partition coefficient (Wildman–Crippen LogP) is 1.27. The fourth-order valence-corrected chi connectivity index (χ4v) is 0.448. The average molecular weight is 229 g/mol. The normalized spacial score (nSPS) is 4.79. The average Bonchev–Trinajstić information content (AvgIpc) is 2.28. The van der Waals surface area contributed by atoms with Crippen molar-refractivity contribution in [2.45, 2.75) is 6.92 Å². The molecule has 5 heteroatoms. The van der Waals surface area contributed by atoms with Gasteiger partial charge >= 0.3 is 33.9 Å². The molecule has 0 aliphatic carbocycles. The summed E-state index contributed by atoms with van der Waals surface area (Å²) in [7, 11) is 0. The standard InChI is InChI=1S/C6H7N.3CO.Cr/c1-6-4-2-3-5-7-6;3*1-2;/h2-5H,1H3;;;;. The van der Waals surface area contributed by atoms with E-state index in [-0.39, 0.29) is 17.4 Å². The molecule has 0 saturated heterocycles. The van der Waals surface area contributed by atoms with Gasteiger partial charge in [-0.2, -0.15) is 0 Å². The molecule has 0 N–H and O–H groups in total. The van der Waals surface area contributed by atoms with Gasteiger partial charge in [0, 0.05) is 29.3 Å². The minimum atomic E-state index is 0. The van der Waals surface area contributed by atoms with Crippen molar-refractivity contribution in [2.75, 3.05) is 0 Å². The number of nitrogens with zero attached hydrogens (tertiary/aromatic N) is 1. The van der Waals surface area contributed by atoms with E-state index in [1.165, 1.54) is 0 Å². The molecule has 0 aliphatic rings. The zero-order valence-corrected chi connectivity index (χ0v) is 8.66. The van der Waals surface area contributed by atoms with Crippen LogP contribution in [0, 0.1) is 26.9 Å². The van der Waals surface area contributed by atoms with Gasteiger partial charge in [0.2, 0.25) is 0 Å². The monoisotopic (exact) mass is 229 g/mol. The van der Waals surface area contributed by atoms with Crippen molar-refractivity contribution in [1.29, 1.82) is 0 Å². The first-order chi connectivity index (χ1) is 6.39. The second kappa shape index (κ2) is 29.7. The molecule has 0 spiro atoms. The van der Waals surface area contributed by atoms with Gasteiger partial charge in [0.15, 0.2) is 0 Å². The Bertz CT molecular complexity index is 229. The third kappa shape index (κ3) is 22.4. The van der Waals surface area contributed by atoms with Crippen LogP contribution in [0.1, 0.15) is 5.69 Å². The van der Waals surface area contributed by atoms with E-state index >= 15 is 0 Å². The Kier molecular flexibility index (Phi) is 48.9. The van der Waals surface area contributed by atoms with Crippen LogP contribution in [0.25, 0.3) is 0 Å². The van der Waals surface area contributed by atoms with E-state index in [9.17, 15) is 0 Å². The topological polar surface area (TPSA) is 72.6 Å². The summed E-state index contributed by atoms with van der Waals surface area (Å²) in [5, 5.41) is 0. The summed E-state index contributed by atoms with van der Waals surface area (Å²) in [5.41, 5.74) is 1.07. The SMILES string of the molecule is Cc1ccccn1.[C-]#[O+].[C-]#[O+].[C-]#[O+].[Cr]. The summed E-state index contributed by atoms with van der Waals surface area (Å²) in [6.07, 6.45) is 1.79. The first kappa shape index (κ1) is 23.1. The Labute approximate surface area is 93.6 Å². The van der Waals surface area contributed by atoms with Crippen LogP contribution in [0.4, 0.5) is 0 Å². The van der Waals surface area contributed by atoms with Crippen LogP contribution in [-0.2, 0) is 31.3 Å². The fraction of sp³-hybridized carbons (Fsp3) is 0.111. The fourth-order valence-electron chi connectivity index (χ4n) is 0.448. The second-order valence-corrected chi connectivity index (χ2v) is 1.47. The van der Waals surface area contributed by atoms with Crippen LogP contribution in [-0.4, -0.2) is 4.98 Å². The summed E-state index contributed by atoms with van der Waals surface area (Å²) in [4.78, 5) is 3.98. The van der Waals surface area contributed by atoms with Crippen LogP contribution in [0.2, 0.25) is 0 Å². The van der Waals surface area contributed by atoms with Crippen LogP contribution >= 0.6 is 0 Å². The Morgan fingerprint density at radius 1 is 1.00 bits per heavy atom. The second-order valence-electron chi connectivity index (χ2n) is 1.47. The van der Waals surface area contributed by atoms with Gasteiger partial charge in [-0.05, 0) is 19.1 Å². The molecule has 4 nitrogen and oxygen atoms in total. The summed E-state index contributed by atoms with van der Waals surface area (Å²) in [6.45, 7) is 15.5. The van der Waals surface area contributed by atoms with Gasteiger partial charge in [-0.15, -0.1) is 0 Å². The van der Waals surface area contributed by atoms with E-state index in [4.69, 9.17) is 14.0 Å². The molecule has 0 radical (unpaired) electrons. The first-order valence-electron chi connectivity index (χ1n) is 2.88. The van der Waals surface area contributed by atoms with Crippen molar-refractivity contribution in [3.05, 3.63) is 50.0 Å². The zero-order valence-electron chi connectivity index (χ0n) is 7.39. The molecule has 0 unspecified atom stereocenters. The molecule has 72 valence electrons. The quantitative estimate of drug-likeness (QED) is 0.487. The maximum Gasteiger partial charge on any atom is 0 e. The molecule has 1 rings (SSSR count). The van der Waals surface area contributed by atoms with Gasteiger partial charge in [0.1, 0.15) is 0 Å². The molecule has 14 heavy (non-hydrogen) atoms. The molecular weight excluding hydrogens is 222 g/mol. The Balaban J connectivity index is -0.0000000625. The van der Waals surface area contributed by atoms with Gasteiger partial charge in [0.05, 0.1) is 0 Å². The van der Waals surface area contributed by atoms with Crippen LogP contribution in [0.3, 0.4) is 0 Å². The number of pyridine rings is 1. The number of rotatable bonds is 0. The van der Waals surface area contributed by atoms with Crippen molar-refractivity contribution < 1.29 is 31.3 Å². The van der Waals surface area contributed by atoms with Crippen LogP contribution < -0.4 is 0 Å². The van der Waals surface area contributed by atoms with E-state index in [1.807, 2.05) is 25.1 Å². The third-order valence-corrected chi connectivity index (χ3v) is 0.813. The van der Waals surface area contributed by atoms with Crippen LogP contribution in [0.5, 0.6) is 0 Å². The minimum absolute atomic E-state index is 0. The Morgan fingerprint density at radius 3 is 1.57 bits per heavy atom. The van der Waals surface area contributed by atoms with Gasteiger partial charge in [-0.3, -0.25) is 4.98 Å². The minimum Gasteiger partial charge on any atom is 0 e. The zero-order chi connectivity index (χ0) is 11.1. The van der Waals surface area contributed by atoms with Crippen molar-refractivity contribution in [3.63, 3.8) is 0 Å². The number of hydrogen-bond donors (Lipinski definition) is 0. The van der Waals surface area contributed by atoms with Gasteiger partial charge in [-0.25, -0.2) is 0 Å². The Hall–Kier alpha value is -1.10. The first-order valence-corrected chi connectivity index (χ1v) is 2.88. The van der Waals surface area contributed by atoms with E-state index in [0.717, 1.165) is 5.69 Å². The predicted molar refractivity (Wildman–Crippen MR) is 40.8 cm³/mol. The summed E-state index contributed by atoms with van der Waals surface area (Å²) < 4.78 is 22.5. The number of hydrogen-bond acceptors (Lipinski definition) is 1. The van der Waals surface area contributed by atoms with Crippen LogP contribution in [0.15, 0.2) is 24.4 Å². The maximum atomic E-state index is 7.50. The van der Waals surface area contributed by atoms with Crippen molar-refractivity contribution in [2.24, 2.45) is 0 Å². The number of aryl methyl sites for hydroxylation is 1. The molecule has 0 bridgehead atoms. The molecule has 0 aliphatic heterocycles. The van der Waals surface area contributed by atoms with E-state index in [1.54, 1.807) is 6.20 Å². The van der Waals surface area contributed by atoms with Gasteiger partial charge < -0.3 is 0 Å². The molecule has 0 saturated carbocycles. The van der Waals surface area contributed by atoms with E-state index < -0.39 is 0 Å². The van der Waals surface area contributed by atoms with E-state index in [2.05, 4.69) is 24.9 Å². The van der Waals surface area contributed by atoms with Crippen molar-refractivity contribution in [1.82, 2.24) is 4.98 Å². The summed E-state index contributed by atoms with van der Waals surface area (Å²) in [5.74, 6) is 0. The molecular formula is C9H7CrNO3. The number of aromatic nitrogens is 1. The van der Waals surface area contributed by atoms with Crippen molar-refractivity contribution >= 4 is 0 Å². The molecule has 1 aromatic heterocycles. The van der Waals surface area contributed by atoms with E-state index in [0.29, 0.717) is 0 Å². The largest absolute Gasteiger partial charge is 0 e. The molecule has 0 fully saturated rings. The molecule has 1 aromatic rings. The smallest absolute Gasteiger partial charge is 0 e. The Morgan fingerprint density at radius 2 is 1.43 bits per heavy atom. The van der Waals surface area contributed by atoms with Gasteiger partial charge in [0.25, 0.3) is 0 Å². The molecule has 0 aromatic carbocycles.